The van der Waals surface area contributed by atoms with Crippen LogP contribution in [0.5, 0.6) is 0 Å². The quantitative estimate of drug-likeness (QED) is 0.356. The zero-order valence-corrected chi connectivity index (χ0v) is 9.02. The largest absolute Gasteiger partial charge is 0.461 e. The van der Waals surface area contributed by atoms with Gasteiger partial charge >= 0.3 is 11.9 Å². The summed E-state index contributed by atoms with van der Waals surface area (Å²) in [6.45, 7) is 4.27. The van der Waals surface area contributed by atoms with Crippen molar-refractivity contribution in [2.75, 3.05) is 26.4 Å². The molecule has 0 spiro atoms. The summed E-state index contributed by atoms with van der Waals surface area (Å²) in [5.41, 5.74) is 0. The van der Waals surface area contributed by atoms with Crippen molar-refractivity contribution >= 4 is 11.9 Å². The fourth-order valence-electron chi connectivity index (χ4n) is 0.715. The van der Waals surface area contributed by atoms with Gasteiger partial charge in [-0.2, -0.15) is 0 Å². The summed E-state index contributed by atoms with van der Waals surface area (Å²) < 4.78 is 14.2. The van der Waals surface area contributed by atoms with Crippen LogP contribution in [0.3, 0.4) is 0 Å². The number of rotatable bonds is 7. The summed E-state index contributed by atoms with van der Waals surface area (Å²) in [5, 5.41) is 0. The Morgan fingerprint density at radius 3 is 2.53 bits per heavy atom. The fourth-order valence-corrected chi connectivity index (χ4v) is 0.715. The maximum Gasteiger partial charge on any atom is 0.344 e. The lowest BCUT2D eigenvalue weighted by atomic mass is 10.5. The lowest BCUT2D eigenvalue weighted by Crippen LogP contribution is -2.17. The number of carbonyl (C=O) groups is 2. The molecule has 5 heteroatoms. The van der Waals surface area contributed by atoms with Gasteiger partial charge in [0.15, 0.2) is 6.61 Å². The van der Waals surface area contributed by atoms with Crippen LogP contribution in [0.15, 0.2) is 12.2 Å². The van der Waals surface area contributed by atoms with Gasteiger partial charge in [-0.25, -0.2) is 9.59 Å². The number of esters is 2. The second-order valence-electron chi connectivity index (χ2n) is 2.53. The van der Waals surface area contributed by atoms with E-state index in [1.54, 1.807) is 6.92 Å². The Morgan fingerprint density at radius 1 is 1.20 bits per heavy atom. The molecule has 0 amide bonds. The van der Waals surface area contributed by atoms with Gasteiger partial charge in [0.05, 0.1) is 6.61 Å². The summed E-state index contributed by atoms with van der Waals surface area (Å²) in [4.78, 5) is 21.7. The second-order valence-corrected chi connectivity index (χ2v) is 2.53. The van der Waals surface area contributed by atoms with E-state index in [-0.39, 0.29) is 13.2 Å². The summed E-state index contributed by atoms with van der Waals surface area (Å²) in [5.74, 6) is -1.13. The lowest BCUT2D eigenvalue weighted by molar-refractivity contribution is -0.157. The molecule has 0 saturated heterocycles. The monoisotopic (exact) mass is 216 g/mol. The third-order valence-corrected chi connectivity index (χ3v) is 1.33. The molecule has 0 saturated carbocycles. The topological polar surface area (TPSA) is 61.8 Å². The van der Waals surface area contributed by atoms with E-state index >= 15 is 0 Å². The van der Waals surface area contributed by atoms with Gasteiger partial charge < -0.3 is 14.2 Å². The van der Waals surface area contributed by atoms with Crippen LogP contribution >= 0.6 is 0 Å². The van der Waals surface area contributed by atoms with Gasteiger partial charge in [0.2, 0.25) is 0 Å². The third kappa shape index (κ3) is 8.96. The smallest absolute Gasteiger partial charge is 0.344 e. The average molecular weight is 216 g/mol. The van der Waals surface area contributed by atoms with Crippen molar-refractivity contribution in [3.8, 4) is 0 Å². The van der Waals surface area contributed by atoms with Crippen LogP contribution in [0.1, 0.15) is 13.8 Å². The molecule has 0 N–H and O–H groups in total. The molecule has 0 atom stereocenters. The molecule has 0 aromatic carbocycles. The first-order chi connectivity index (χ1) is 7.20. The minimum atomic E-state index is -0.576. The molecular formula is C10H16O5. The van der Waals surface area contributed by atoms with Crippen LogP contribution in [-0.2, 0) is 23.8 Å². The molecule has 86 valence electrons. The second kappa shape index (κ2) is 9.21. The molecule has 0 aromatic heterocycles. The molecule has 0 fully saturated rings. The third-order valence-electron chi connectivity index (χ3n) is 1.33. The highest BCUT2D eigenvalue weighted by molar-refractivity contribution is 5.84. The van der Waals surface area contributed by atoms with E-state index in [0.29, 0.717) is 13.2 Å². The van der Waals surface area contributed by atoms with Crippen molar-refractivity contribution in [3.63, 3.8) is 0 Å². The lowest BCUT2D eigenvalue weighted by Gasteiger charge is -2.04. The number of hydrogen-bond acceptors (Lipinski definition) is 5. The van der Waals surface area contributed by atoms with Gasteiger partial charge in [0, 0.05) is 12.7 Å². The minimum absolute atomic E-state index is 0.174. The predicted molar refractivity (Wildman–Crippen MR) is 53.2 cm³/mol. The van der Waals surface area contributed by atoms with Crippen LogP contribution < -0.4 is 0 Å². The summed E-state index contributed by atoms with van der Waals surface area (Å²) in [6.07, 6.45) is 2.76. The highest BCUT2D eigenvalue weighted by Crippen LogP contribution is 1.86. The van der Waals surface area contributed by atoms with Gasteiger partial charge in [-0.1, -0.05) is 6.08 Å². The Kier molecular flexibility index (Phi) is 8.37. The van der Waals surface area contributed by atoms with Crippen molar-refractivity contribution in [3.05, 3.63) is 12.2 Å². The molecule has 5 nitrogen and oxygen atoms in total. The van der Waals surface area contributed by atoms with Crippen molar-refractivity contribution in [1.82, 2.24) is 0 Å². The van der Waals surface area contributed by atoms with Gasteiger partial charge in [-0.05, 0) is 13.8 Å². The maximum atomic E-state index is 10.9. The van der Waals surface area contributed by atoms with E-state index < -0.39 is 11.9 Å². The van der Waals surface area contributed by atoms with Crippen LogP contribution in [-0.4, -0.2) is 38.4 Å². The van der Waals surface area contributed by atoms with Crippen molar-refractivity contribution in [2.24, 2.45) is 0 Å². The van der Waals surface area contributed by atoms with Crippen LogP contribution in [0.25, 0.3) is 0 Å². The summed E-state index contributed by atoms with van der Waals surface area (Å²) in [7, 11) is 0. The molecule has 0 radical (unpaired) electrons. The maximum absolute atomic E-state index is 10.9. The standard InChI is InChI=1S/C10H16O5/c1-3-5-9(11)15-8-10(12)14-7-6-13-4-2/h3,5H,4,6-8H2,1-2H3/b5-3+. The Hall–Kier alpha value is -1.36. The van der Waals surface area contributed by atoms with E-state index in [2.05, 4.69) is 4.74 Å². The molecule has 15 heavy (non-hydrogen) atoms. The molecule has 0 aliphatic carbocycles. The van der Waals surface area contributed by atoms with E-state index in [4.69, 9.17) is 9.47 Å². The summed E-state index contributed by atoms with van der Waals surface area (Å²) >= 11 is 0. The van der Waals surface area contributed by atoms with Gasteiger partial charge in [-0.3, -0.25) is 0 Å². The Balaban J connectivity index is 3.45. The van der Waals surface area contributed by atoms with E-state index in [0.717, 1.165) is 0 Å². The van der Waals surface area contributed by atoms with E-state index in [9.17, 15) is 9.59 Å². The molecule has 0 rings (SSSR count). The van der Waals surface area contributed by atoms with E-state index in [1.807, 2.05) is 6.92 Å². The van der Waals surface area contributed by atoms with Gasteiger partial charge in [-0.15, -0.1) is 0 Å². The number of hydrogen-bond donors (Lipinski definition) is 0. The molecule has 0 aliphatic rings. The first kappa shape index (κ1) is 13.6. The number of allylic oxidation sites excluding steroid dienone is 1. The molecule has 0 heterocycles. The number of carbonyl (C=O) groups excluding carboxylic acids is 2. The van der Waals surface area contributed by atoms with Crippen LogP contribution in [0.4, 0.5) is 0 Å². The molecule has 0 aliphatic heterocycles. The van der Waals surface area contributed by atoms with Crippen molar-refractivity contribution in [1.29, 1.82) is 0 Å². The average Bonchev–Trinajstić information content (AvgIpc) is 2.22. The number of ether oxygens (including phenoxy) is 3. The predicted octanol–water partition coefficient (Wildman–Crippen LogP) is 0.685. The normalized spacial score (nSPS) is 10.3. The molecule has 0 bridgehead atoms. The molecule has 0 aromatic rings. The molecular weight excluding hydrogens is 200 g/mol. The Bertz CT molecular complexity index is 222. The van der Waals surface area contributed by atoms with Crippen molar-refractivity contribution < 1.29 is 23.8 Å². The molecule has 0 unspecified atom stereocenters. The van der Waals surface area contributed by atoms with E-state index in [1.165, 1.54) is 12.2 Å². The SMILES string of the molecule is C/C=C/C(=O)OCC(=O)OCCOCC. The highest BCUT2D eigenvalue weighted by atomic mass is 16.6. The van der Waals surface area contributed by atoms with Crippen LogP contribution in [0.2, 0.25) is 0 Å². The fraction of sp³-hybridized carbons (Fsp3) is 0.600. The zero-order chi connectivity index (χ0) is 11.5. The van der Waals surface area contributed by atoms with Gasteiger partial charge in [0.25, 0.3) is 0 Å². The minimum Gasteiger partial charge on any atom is -0.461 e. The highest BCUT2D eigenvalue weighted by Gasteiger charge is 2.05. The zero-order valence-electron chi connectivity index (χ0n) is 9.02. The first-order valence-corrected chi connectivity index (χ1v) is 4.73. The summed E-state index contributed by atoms with van der Waals surface area (Å²) in [6, 6.07) is 0. The van der Waals surface area contributed by atoms with Crippen molar-refractivity contribution in [2.45, 2.75) is 13.8 Å². The Labute approximate surface area is 89.0 Å². The Morgan fingerprint density at radius 2 is 1.93 bits per heavy atom. The van der Waals surface area contributed by atoms with Crippen LogP contribution in [0, 0.1) is 0 Å². The van der Waals surface area contributed by atoms with Gasteiger partial charge in [0.1, 0.15) is 6.61 Å². The first-order valence-electron chi connectivity index (χ1n) is 4.73.